The Morgan fingerprint density at radius 2 is 1.69 bits per heavy atom. The van der Waals surface area contributed by atoms with Gasteiger partial charge in [0.25, 0.3) is 5.91 Å². The number of carbonyl (C=O) groups is 1. The van der Waals surface area contributed by atoms with E-state index >= 15 is 0 Å². The van der Waals surface area contributed by atoms with Crippen molar-refractivity contribution < 1.29 is 31.1 Å². The smallest absolute Gasteiger partial charge is 0.416 e. The van der Waals surface area contributed by atoms with Crippen molar-refractivity contribution in [2.24, 2.45) is 0 Å². The third-order valence-electron chi connectivity index (χ3n) is 4.41. The lowest BCUT2D eigenvalue weighted by atomic mass is 10.1. The molecule has 10 heteroatoms. The highest BCUT2D eigenvalue weighted by atomic mass is 35.5. The number of carbonyl (C=O) groups excluding carboxylic acids is 1. The molecule has 3 rings (SSSR count). The molecule has 0 aliphatic carbocycles. The third-order valence-corrected chi connectivity index (χ3v) is 5.87. The second kappa shape index (κ2) is 9.22. The van der Waals surface area contributed by atoms with Gasteiger partial charge in [-0.15, -0.1) is 0 Å². The van der Waals surface area contributed by atoms with Crippen LogP contribution in [0.5, 0.6) is 11.5 Å². The van der Waals surface area contributed by atoms with Gasteiger partial charge in [0.15, 0.2) is 9.84 Å². The molecule has 1 amide bonds. The first-order chi connectivity index (χ1) is 14.9. The number of sulfone groups is 1. The molecule has 0 bridgehead atoms. The van der Waals surface area contributed by atoms with Crippen molar-refractivity contribution in [1.82, 2.24) is 5.32 Å². The van der Waals surface area contributed by atoms with Crippen molar-refractivity contribution in [3.63, 3.8) is 0 Å². The molecule has 1 N–H and O–H groups in total. The van der Waals surface area contributed by atoms with Gasteiger partial charge < -0.3 is 10.1 Å². The van der Waals surface area contributed by atoms with Crippen LogP contribution in [0, 0.1) is 0 Å². The van der Waals surface area contributed by atoms with Crippen LogP contribution in [-0.2, 0) is 22.6 Å². The second-order valence-corrected chi connectivity index (χ2v) is 9.28. The number of benzene rings is 3. The van der Waals surface area contributed by atoms with Crippen molar-refractivity contribution in [3.05, 3.63) is 88.4 Å². The van der Waals surface area contributed by atoms with E-state index in [1.807, 2.05) is 0 Å². The zero-order valence-corrected chi connectivity index (χ0v) is 18.2. The summed E-state index contributed by atoms with van der Waals surface area (Å²) in [6, 6.07) is 14.6. The molecule has 32 heavy (non-hydrogen) atoms. The quantitative estimate of drug-likeness (QED) is 0.503. The summed E-state index contributed by atoms with van der Waals surface area (Å²) in [6.45, 7) is 0.0612. The first-order valence-corrected chi connectivity index (χ1v) is 11.4. The largest absolute Gasteiger partial charge is 0.457 e. The molecule has 0 heterocycles. The molecule has 0 atom stereocenters. The Balaban J connectivity index is 1.67. The average molecular weight is 484 g/mol. The highest BCUT2D eigenvalue weighted by Crippen LogP contribution is 2.31. The van der Waals surface area contributed by atoms with Gasteiger partial charge >= 0.3 is 6.18 Å². The van der Waals surface area contributed by atoms with Crippen LogP contribution in [0.15, 0.2) is 71.6 Å². The lowest BCUT2D eigenvalue weighted by Gasteiger charge is -2.11. The lowest BCUT2D eigenvalue weighted by molar-refractivity contribution is -0.137. The van der Waals surface area contributed by atoms with E-state index in [9.17, 15) is 26.4 Å². The van der Waals surface area contributed by atoms with Crippen LogP contribution in [-0.4, -0.2) is 20.6 Å². The van der Waals surface area contributed by atoms with Gasteiger partial charge in [-0.2, -0.15) is 13.2 Å². The highest BCUT2D eigenvalue weighted by molar-refractivity contribution is 7.90. The average Bonchev–Trinajstić information content (AvgIpc) is 2.72. The van der Waals surface area contributed by atoms with Crippen molar-refractivity contribution >= 4 is 27.3 Å². The molecule has 0 saturated carbocycles. The van der Waals surface area contributed by atoms with E-state index in [0.717, 1.165) is 18.4 Å². The number of rotatable bonds is 6. The maximum Gasteiger partial charge on any atom is 0.416 e. The molecule has 0 aliphatic heterocycles. The minimum Gasteiger partial charge on any atom is -0.457 e. The summed E-state index contributed by atoms with van der Waals surface area (Å²) in [7, 11) is -3.40. The maximum atomic E-state index is 12.7. The van der Waals surface area contributed by atoms with Crippen molar-refractivity contribution in [2.75, 3.05) is 6.26 Å². The summed E-state index contributed by atoms with van der Waals surface area (Å²) < 4.78 is 66.7. The van der Waals surface area contributed by atoms with E-state index in [1.165, 1.54) is 36.4 Å². The van der Waals surface area contributed by atoms with E-state index in [4.69, 9.17) is 16.3 Å². The number of amides is 1. The van der Waals surface area contributed by atoms with E-state index < -0.39 is 27.5 Å². The molecule has 5 nitrogen and oxygen atoms in total. The molecular weight excluding hydrogens is 467 g/mol. The maximum absolute atomic E-state index is 12.7. The molecule has 0 unspecified atom stereocenters. The molecule has 3 aromatic carbocycles. The molecule has 3 aromatic rings. The van der Waals surface area contributed by atoms with E-state index in [2.05, 4.69) is 5.32 Å². The van der Waals surface area contributed by atoms with Gasteiger partial charge in [0.2, 0.25) is 0 Å². The van der Waals surface area contributed by atoms with Crippen LogP contribution >= 0.6 is 11.6 Å². The standard InChI is InChI=1S/C22H17ClF3NO4S/c1-32(29,30)19-10-5-15(20(23)12-19)13-27-21(28)14-3-2-4-18(11-14)31-17-8-6-16(7-9-17)22(24,25)26/h2-12H,13H2,1H3,(H,27,28). The van der Waals surface area contributed by atoms with Crippen LogP contribution in [0.25, 0.3) is 0 Å². The summed E-state index contributed by atoms with van der Waals surface area (Å²) in [4.78, 5) is 12.6. The molecule has 0 aliphatic rings. The molecule has 168 valence electrons. The molecule has 0 saturated heterocycles. The summed E-state index contributed by atoms with van der Waals surface area (Å²) >= 11 is 6.11. The predicted octanol–water partition coefficient (Wildman–Crippen LogP) is 5.48. The fourth-order valence-corrected chi connectivity index (χ4v) is 3.69. The zero-order valence-electron chi connectivity index (χ0n) is 16.6. The minimum absolute atomic E-state index is 0.0612. The summed E-state index contributed by atoms with van der Waals surface area (Å²) in [5, 5.41) is 2.88. The van der Waals surface area contributed by atoms with Crippen molar-refractivity contribution in [1.29, 1.82) is 0 Å². The second-order valence-electron chi connectivity index (χ2n) is 6.86. The zero-order chi connectivity index (χ0) is 23.5. The van der Waals surface area contributed by atoms with Crippen molar-refractivity contribution in [3.8, 4) is 11.5 Å². The number of hydrogen-bond acceptors (Lipinski definition) is 4. The highest BCUT2D eigenvalue weighted by Gasteiger charge is 2.30. The Labute approximate surface area is 187 Å². The fourth-order valence-electron chi connectivity index (χ4n) is 2.73. The summed E-state index contributed by atoms with van der Waals surface area (Å²) in [6.07, 6.45) is -3.37. The minimum atomic E-state index is -4.44. The Bertz CT molecular complexity index is 1240. The van der Waals surface area contributed by atoms with Gasteiger partial charge in [-0.3, -0.25) is 4.79 Å². The summed E-state index contributed by atoms with van der Waals surface area (Å²) in [5.74, 6) is 0.0207. The Morgan fingerprint density at radius 1 is 1.00 bits per heavy atom. The fraction of sp³-hybridized carbons (Fsp3) is 0.136. The number of halogens is 4. The third kappa shape index (κ3) is 6.02. The monoisotopic (exact) mass is 483 g/mol. The molecule has 0 fully saturated rings. The van der Waals surface area contributed by atoms with Crippen LogP contribution in [0.1, 0.15) is 21.5 Å². The van der Waals surface area contributed by atoms with E-state index in [1.54, 1.807) is 18.2 Å². The Hall–Kier alpha value is -3.04. The van der Waals surface area contributed by atoms with Crippen LogP contribution in [0.4, 0.5) is 13.2 Å². The molecule has 0 spiro atoms. The van der Waals surface area contributed by atoms with Crippen LogP contribution in [0.3, 0.4) is 0 Å². The Kier molecular flexibility index (Phi) is 6.80. The molecule has 0 aromatic heterocycles. The normalized spacial score (nSPS) is 11.8. The van der Waals surface area contributed by atoms with Gasteiger partial charge in [0, 0.05) is 23.4 Å². The van der Waals surface area contributed by atoms with E-state index in [0.29, 0.717) is 5.56 Å². The summed E-state index contributed by atoms with van der Waals surface area (Å²) in [5.41, 5.74) is 0.00377. The SMILES string of the molecule is CS(=O)(=O)c1ccc(CNC(=O)c2cccc(Oc3ccc(C(F)(F)F)cc3)c2)c(Cl)c1. The van der Waals surface area contributed by atoms with Gasteiger partial charge in [-0.25, -0.2) is 8.42 Å². The van der Waals surface area contributed by atoms with Gasteiger partial charge in [0.1, 0.15) is 11.5 Å². The van der Waals surface area contributed by atoms with Gasteiger partial charge in [-0.05, 0) is 60.2 Å². The van der Waals surface area contributed by atoms with E-state index in [-0.39, 0.29) is 33.5 Å². The van der Waals surface area contributed by atoms with Crippen LogP contribution < -0.4 is 10.1 Å². The number of ether oxygens (including phenoxy) is 1. The number of nitrogens with one attached hydrogen (secondary N) is 1. The molecule has 0 radical (unpaired) electrons. The first-order valence-electron chi connectivity index (χ1n) is 9.15. The van der Waals surface area contributed by atoms with Gasteiger partial charge in [-0.1, -0.05) is 23.7 Å². The topological polar surface area (TPSA) is 72.5 Å². The van der Waals surface area contributed by atoms with Gasteiger partial charge in [0.05, 0.1) is 10.5 Å². The van der Waals surface area contributed by atoms with Crippen LogP contribution in [0.2, 0.25) is 5.02 Å². The number of hydrogen-bond donors (Lipinski definition) is 1. The predicted molar refractivity (Wildman–Crippen MR) is 114 cm³/mol. The first kappa shape index (κ1) is 23.6. The Morgan fingerprint density at radius 3 is 2.28 bits per heavy atom. The number of alkyl halides is 3. The molecular formula is C22H17ClF3NO4S. The lowest BCUT2D eigenvalue weighted by Crippen LogP contribution is -2.23. The van der Waals surface area contributed by atoms with Crippen molar-refractivity contribution in [2.45, 2.75) is 17.6 Å².